The summed E-state index contributed by atoms with van der Waals surface area (Å²) in [5, 5.41) is 8.50. The molecule has 0 aliphatic carbocycles. The molecule has 0 saturated carbocycles. The first kappa shape index (κ1) is 15.2. The van der Waals surface area contributed by atoms with E-state index in [1.807, 2.05) is 6.92 Å². The van der Waals surface area contributed by atoms with E-state index >= 15 is 0 Å². The van der Waals surface area contributed by atoms with E-state index in [2.05, 4.69) is 44.8 Å². The molecule has 15 heavy (non-hydrogen) atoms. The third kappa shape index (κ3) is 3.32. The Hall–Kier alpha value is 0.184. The number of hydrogen-bond donors (Lipinski definition) is 0. The molecule has 2 nitrogen and oxygen atoms in total. The third-order valence-corrected chi connectivity index (χ3v) is 2.61. The molecule has 0 N–H and O–H groups in total. The molecule has 81 valence electrons. The fourth-order valence-corrected chi connectivity index (χ4v) is 2.07. The molecule has 0 bridgehead atoms. The molecule has 0 amide bonds. The van der Waals surface area contributed by atoms with Gasteiger partial charge in [0.2, 0.25) is 0 Å². The Bertz CT molecular complexity index is 333. The van der Waals surface area contributed by atoms with Gasteiger partial charge in [-0.2, -0.15) is 10.2 Å². The fourth-order valence-electron chi connectivity index (χ4n) is 2.07. The van der Waals surface area contributed by atoms with Crippen molar-refractivity contribution in [2.75, 3.05) is 0 Å². The van der Waals surface area contributed by atoms with Crippen LogP contribution in [-0.2, 0) is 32.7 Å². The predicted octanol–water partition coefficient (Wildman–Crippen LogP) is 3.34. The van der Waals surface area contributed by atoms with Gasteiger partial charge in [-0.1, -0.05) is 27.7 Å². The van der Waals surface area contributed by atoms with Gasteiger partial charge in [0.1, 0.15) is 0 Å². The number of hydrogen-bond acceptors (Lipinski definition) is 2. The molecule has 0 atom stereocenters. The summed E-state index contributed by atoms with van der Waals surface area (Å²) >= 11 is 0. The summed E-state index contributed by atoms with van der Waals surface area (Å²) in [5.41, 5.74) is 4.90. The van der Waals surface area contributed by atoms with Crippen LogP contribution in [0.4, 0.5) is 0 Å². The smallest absolute Gasteiger partial charge is 0.0688 e. The predicted molar refractivity (Wildman–Crippen MR) is 59.7 cm³/mol. The summed E-state index contributed by atoms with van der Waals surface area (Å²) < 4.78 is 0. The normalized spacial score (nSPS) is 10.7. The van der Waals surface area contributed by atoms with E-state index in [0.29, 0.717) is 11.8 Å². The molecule has 0 aromatic carbocycles. The van der Waals surface area contributed by atoms with E-state index in [9.17, 15) is 0 Å². The van der Waals surface area contributed by atoms with Crippen LogP contribution in [0.1, 0.15) is 62.0 Å². The summed E-state index contributed by atoms with van der Waals surface area (Å²) in [6.45, 7) is 12.9. The molecule has 0 spiro atoms. The van der Waals surface area contributed by atoms with Crippen LogP contribution in [-0.4, -0.2) is 10.2 Å². The van der Waals surface area contributed by atoms with Crippen LogP contribution in [0.5, 0.6) is 0 Å². The van der Waals surface area contributed by atoms with Crippen LogP contribution >= 0.6 is 0 Å². The Morgan fingerprint density at radius 2 is 1.40 bits per heavy atom. The standard InChI is InChI=1S/C12H20N2.Y/c1-7(2)11-9(5)12(8(3)4)14-13-10(11)6;/h7-8H,1-6H3;. The molecular formula is C12H20N2Y. The number of rotatable bonds is 2. The quantitative estimate of drug-likeness (QED) is 0.831. The Labute approximate surface area is 118 Å². The van der Waals surface area contributed by atoms with Gasteiger partial charge in [-0.3, -0.25) is 0 Å². The van der Waals surface area contributed by atoms with Crippen molar-refractivity contribution >= 4 is 0 Å². The van der Waals surface area contributed by atoms with Gasteiger partial charge in [-0.25, -0.2) is 0 Å². The van der Waals surface area contributed by atoms with Gasteiger partial charge in [-0.05, 0) is 36.8 Å². The molecule has 3 heteroatoms. The second-order valence-corrected chi connectivity index (χ2v) is 4.52. The van der Waals surface area contributed by atoms with Crippen molar-refractivity contribution in [2.24, 2.45) is 0 Å². The van der Waals surface area contributed by atoms with Crippen molar-refractivity contribution in [1.29, 1.82) is 0 Å². The van der Waals surface area contributed by atoms with E-state index in [4.69, 9.17) is 0 Å². The van der Waals surface area contributed by atoms with Crippen LogP contribution < -0.4 is 0 Å². The Morgan fingerprint density at radius 3 is 1.80 bits per heavy atom. The largest absolute Gasteiger partial charge is 0.155 e. The summed E-state index contributed by atoms with van der Waals surface area (Å²) in [5.74, 6) is 0.989. The van der Waals surface area contributed by atoms with Gasteiger partial charge in [0, 0.05) is 32.7 Å². The average Bonchev–Trinajstić information content (AvgIpc) is 2.02. The summed E-state index contributed by atoms with van der Waals surface area (Å²) in [7, 11) is 0. The van der Waals surface area contributed by atoms with Gasteiger partial charge in [0.15, 0.2) is 0 Å². The zero-order chi connectivity index (χ0) is 10.9. The topological polar surface area (TPSA) is 25.8 Å². The number of aromatic nitrogens is 2. The maximum atomic E-state index is 4.27. The van der Waals surface area contributed by atoms with Gasteiger partial charge in [-0.15, -0.1) is 0 Å². The minimum absolute atomic E-state index is 0. The van der Waals surface area contributed by atoms with E-state index in [1.54, 1.807) is 0 Å². The van der Waals surface area contributed by atoms with Crippen LogP contribution in [0, 0.1) is 13.8 Å². The van der Waals surface area contributed by atoms with Gasteiger partial charge >= 0.3 is 0 Å². The van der Waals surface area contributed by atoms with Crippen molar-refractivity contribution in [2.45, 2.75) is 53.4 Å². The Kier molecular flexibility index (Phi) is 6.13. The zero-order valence-electron chi connectivity index (χ0n) is 10.6. The average molecular weight is 281 g/mol. The molecule has 0 saturated heterocycles. The first-order chi connectivity index (χ1) is 6.45. The van der Waals surface area contributed by atoms with E-state index in [0.717, 1.165) is 11.4 Å². The van der Waals surface area contributed by atoms with Crippen molar-refractivity contribution in [3.8, 4) is 0 Å². The van der Waals surface area contributed by atoms with E-state index < -0.39 is 0 Å². The summed E-state index contributed by atoms with van der Waals surface area (Å²) in [6.07, 6.45) is 0. The molecular weight excluding hydrogens is 261 g/mol. The maximum absolute atomic E-state index is 4.27. The van der Waals surface area contributed by atoms with Crippen LogP contribution in [0.15, 0.2) is 0 Å². The van der Waals surface area contributed by atoms with E-state index in [1.165, 1.54) is 11.1 Å². The zero-order valence-corrected chi connectivity index (χ0v) is 13.5. The summed E-state index contributed by atoms with van der Waals surface area (Å²) in [6, 6.07) is 0. The summed E-state index contributed by atoms with van der Waals surface area (Å²) in [4.78, 5) is 0. The molecule has 1 aromatic rings. The van der Waals surface area contributed by atoms with Crippen LogP contribution in [0.3, 0.4) is 0 Å². The number of nitrogens with zero attached hydrogens (tertiary/aromatic N) is 2. The fraction of sp³-hybridized carbons (Fsp3) is 0.667. The minimum atomic E-state index is 0. The molecule has 1 aromatic heterocycles. The first-order valence-corrected chi connectivity index (χ1v) is 5.28. The molecule has 1 heterocycles. The monoisotopic (exact) mass is 281 g/mol. The Morgan fingerprint density at radius 1 is 0.867 bits per heavy atom. The SMILES string of the molecule is Cc1nnc(C(C)C)c(C)c1C(C)C.[Y]. The second-order valence-electron chi connectivity index (χ2n) is 4.52. The molecule has 0 aliphatic heterocycles. The van der Waals surface area contributed by atoms with Gasteiger partial charge in [0.05, 0.1) is 11.4 Å². The van der Waals surface area contributed by atoms with Gasteiger partial charge < -0.3 is 0 Å². The second kappa shape index (κ2) is 6.05. The Balaban J connectivity index is 0.00000196. The number of aryl methyl sites for hydroxylation is 1. The van der Waals surface area contributed by atoms with Crippen LogP contribution in [0.2, 0.25) is 0 Å². The minimum Gasteiger partial charge on any atom is -0.155 e. The van der Waals surface area contributed by atoms with Gasteiger partial charge in [0.25, 0.3) is 0 Å². The third-order valence-electron chi connectivity index (χ3n) is 2.61. The van der Waals surface area contributed by atoms with Crippen LogP contribution in [0.25, 0.3) is 0 Å². The van der Waals surface area contributed by atoms with Crippen molar-refractivity contribution in [1.82, 2.24) is 10.2 Å². The van der Waals surface area contributed by atoms with E-state index in [-0.39, 0.29) is 32.7 Å². The maximum Gasteiger partial charge on any atom is 0.0688 e. The van der Waals surface area contributed by atoms with Crippen molar-refractivity contribution in [3.05, 3.63) is 22.5 Å². The van der Waals surface area contributed by atoms with Crippen molar-refractivity contribution < 1.29 is 32.7 Å². The molecule has 1 radical (unpaired) electrons. The molecule has 0 aliphatic rings. The molecule has 1 rings (SSSR count). The molecule has 0 unspecified atom stereocenters. The molecule has 0 fully saturated rings. The van der Waals surface area contributed by atoms with Crippen molar-refractivity contribution in [3.63, 3.8) is 0 Å². The first-order valence-electron chi connectivity index (χ1n) is 5.28.